The van der Waals surface area contributed by atoms with Gasteiger partial charge in [-0.2, -0.15) is 0 Å². The Morgan fingerprint density at radius 3 is 2.34 bits per heavy atom. The molecule has 29 heavy (non-hydrogen) atoms. The summed E-state index contributed by atoms with van der Waals surface area (Å²) in [5.41, 5.74) is 3.58. The Hall–Kier alpha value is -3.15. The molecule has 0 heterocycles. The van der Waals surface area contributed by atoms with Crippen LogP contribution in [0.4, 0.5) is 0 Å². The molecule has 0 spiro atoms. The van der Waals surface area contributed by atoms with Crippen molar-refractivity contribution in [2.45, 2.75) is 47.0 Å². The van der Waals surface area contributed by atoms with Crippen LogP contribution in [0.1, 0.15) is 51.7 Å². The summed E-state index contributed by atoms with van der Waals surface area (Å²) in [4.78, 5) is 33.3. The van der Waals surface area contributed by atoms with Crippen molar-refractivity contribution in [1.82, 2.24) is 0 Å². The number of allylic oxidation sites excluding steroid dienone is 3. The highest BCUT2D eigenvalue weighted by atomic mass is 16.5. The van der Waals surface area contributed by atoms with Crippen LogP contribution in [0.25, 0.3) is 6.08 Å². The third kappa shape index (κ3) is 10.7. The zero-order valence-electron chi connectivity index (χ0n) is 17.4. The van der Waals surface area contributed by atoms with Crippen molar-refractivity contribution in [2.75, 3.05) is 6.61 Å². The second-order valence-electron chi connectivity index (χ2n) is 6.80. The molecule has 0 aliphatic carbocycles. The van der Waals surface area contributed by atoms with Gasteiger partial charge in [-0.15, -0.1) is 0 Å². The summed E-state index contributed by atoms with van der Waals surface area (Å²) in [6.45, 7) is 6.94. The van der Waals surface area contributed by atoms with Gasteiger partial charge >= 0.3 is 17.9 Å². The van der Waals surface area contributed by atoms with Gasteiger partial charge < -0.3 is 14.6 Å². The van der Waals surface area contributed by atoms with E-state index in [4.69, 9.17) is 14.6 Å². The molecular weight excluding hydrogens is 372 g/mol. The largest absolute Gasteiger partial charge is 0.478 e. The van der Waals surface area contributed by atoms with E-state index >= 15 is 0 Å². The lowest BCUT2D eigenvalue weighted by molar-refractivity contribution is -0.140. The van der Waals surface area contributed by atoms with Crippen LogP contribution in [0.15, 0.2) is 47.6 Å². The molecule has 0 unspecified atom stereocenters. The van der Waals surface area contributed by atoms with Crippen molar-refractivity contribution >= 4 is 24.0 Å². The summed E-state index contributed by atoms with van der Waals surface area (Å²) in [6, 6.07) is 5.09. The van der Waals surface area contributed by atoms with Gasteiger partial charge in [0.1, 0.15) is 12.4 Å². The van der Waals surface area contributed by atoms with Gasteiger partial charge in [-0.25, -0.2) is 4.79 Å². The van der Waals surface area contributed by atoms with Crippen molar-refractivity contribution in [3.05, 3.63) is 58.7 Å². The van der Waals surface area contributed by atoms with Gasteiger partial charge in [0, 0.05) is 19.9 Å². The third-order valence-corrected chi connectivity index (χ3v) is 3.85. The number of rotatable bonds is 10. The van der Waals surface area contributed by atoms with Crippen molar-refractivity contribution in [3.8, 4) is 5.75 Å². The summed E-state index contributed by atoms with van der Waals surface area (Å²) in [7, 11) is 0. The molecule has 1 N–H and O–H groups in total. The SMILES string of the molecule is CC(=O)OC/C(=C\Cc1cc(/C=C/C(=O)O)ccc1OC(C)=O)CCC=C(C)C. The fourth-order valence-corrected chi connectivity index (χ4v) is 2.51. The van der Waals surface area contributed by atoms with Gasteiger partial charge in [0.05, 0.1) is 0 Å². The molecule has 1 aromatic carbocycles. The molecule has 0 fully saturated rings. The molecule has 1 aromatic rings. The fraction of sp³-hybridized carbons (Fsp3) is 0.348. The van der Waals surface area contributed by atoms with E-state index in [1.807, 2.05) is 19.9 Å². The first-order valence-corrected chi connectivity index (χ1v) is 9.34. The van der Waals surface area contributed by atoms with Crippen LogP contribution in [0.3, 0.4) is 0 Å². The summed E-state index contributed by atoms with van der Waals surface area (Å²) in [6.07, 6.45) is 8.60. The van der Waals surface area contributed by atoms with Crippen molar-refractivity contribution in [2.24, 2.45) is 0 Å². The van der Waals surface area contributed by atoms with E-state index in [1.54, 1.807) is 18.2 Å². The van der Waals surface area contributed by atoms with Crippen LogP contribution >= 0.6 is 0 Å². The molecule has 0 saturated heterocycles. The number of carbonyl (C=O) groups is 3. The summed E-state index contributed by atoms with van der Waals surface area (Å²) < 4.78 is 10.4. The number of carbonyl (C=O) groups excluding carboxylic acids is 2. The normalized spacial score (nSPS) is 11.2. The Labute approximate surface area is 171 Å². The van der Waals surface area contributed by atoms with Crippen LogP contribution in [-0.2, 0) is 25.5 Å². The lowest BCUT2D eigenvalue weighted by atomic mass is 10.0. The smallest absolute Gasteiger partial charge is 0.328 e. The Morgan fingerprint density at radius 1 is 1.03 bits per heavy atom. The molecule has 0 bridgehead atoms. The first-order valence-electron chi connectivity index (χ1n) is 9.34. The maximum Gasteiger partial charge on any atom is 0.328 e. The van der Waals surface area contributed by atoms with E-state index < -0.39 is 11.9 Å². The minimum Gasteiger partial charge on any atom is -0.478 e. The van der Waals surface area contributed by atoms with E-state index in [2.05, 4.69) is 6.08 Å². The van der Waals surface area contributed by atoms with E-state index in [1.165, 1.54) is 25.5 Å². The highest BCUT2D eigenvalue weighted by Gasteiger charge is 2.08. The minimum atomic E-state index is -1.04. The predicted molar refractivity (Wildman–Crippen MR) is 112 cm³/mol. The second-order valence-corrected chi connectivity index (χ2v) is 6.80. The molecule has 6 heteroatoms. The van der Waals surface area contributed by atoms with E-state index in [9.17, 15) is 14.4 Å². The molecule has 0 radical (unpaired) electrons. The fourth-order valence-electron chi connectivity index (χ4n) is 2.51. The number of hydrogen-bond acceptors (Lipinski definition) is 5. The van der Waals surface area contributed by atoms with Crippen molar-refractivity contribution < 1.29 is 29.0 Å². The summed E-state index contributed by atoms with van der Waals surface area (Å²) in [5, 5.41) is 8.81. The molecule has 6 nitrogen and oxygen atoms in total. The van der Waals surface area contributed by atoms with Crippen LogP contribution in [-0.4, -0.2) is 29.6 Å². The molecule has 0 aliphatic rings. The Morgan fingerprint density at radius 2 is 1.76 bits per heavy atom. The van der Waals surface area contributed by atoms with Gasteiger partial charge in [-0.1, -0.05) is 23.8 Å². The van der Waals surface area contributed by atoms with Crippen LogP contribution in [0.5, 0.6) is 5.75 Å². The van der Waals surface area contributed by atoms with Gasteiger partial charge in [0.25, 0.3) is 0 Å². The average Bonchev–Trinajstić information content (AvgIpc) is 2.62. The van der Waals surface area contributed by atoms with Gasteiger partial charge in [0.15, 0.2) is 0 Å². The van der Waals surface area contributed by atoms with Crippen molar-refractivity contribution in [3.63, 3.8) is 0 Å². The second kappa shape index (κ2) is 12.3. The number of benzene rings is 1. The third-order valence-electron chi connectivity index (χ3n) is 3.85. The molecule has 1 rings (SSSR count). The van der Waals surface area contributed by atoms with Crippen LogP contribution in [0, 0.1) is 0 Å². The van der Waals surface area contributed by atoms with Crippen molar-refractivity contribution in [1.29, 1.82) is 0 Å². The van der Waals surface area contributed by atoms with E-state index in [-0.39, 0.29) is 12.6 Å². The average molecular weight is 400 g/mol. The van der Waals surface area contributed by atoms with Gasteiger partial charge in [-0.05, 0) is 68.0 Å². The van der Waals surface area contributed by atoms with Gasteiger partial charge in [0.2, 0.25) is 0 Å². The number of hydrogen-bond donors (Lipinski definition) is 1. The summed E-state index contributed by atoms with van der Waals surface area (Å²) >= 11 is 0. The number of ether oxygens (including phenoxy) is 2. The highest BCUT2D eigenvalue weighted by molar-refractivity contribution is 5.85. The minimum absolute atomic E-state index is 0.202. The Balaban J connectivity index is 3.11. The molecule has 0 atom stereocenters. The monoisotopic (exact) mass is 400 g/mol. The highest BCUT2D eigenvalue weighted by Crippen LogP contribution is 2.23. The lowest BCUT2D eigenvalue weighted by Crippen LogP contribution is -2.06. The molecular formula is C23H28O6. The quantitative estimate of drug-likeness (QED) is 0.269. The van der Waals surface area contributed by atoms with E-state index in [0.29, 0.717) is 17.7 Å². The predicted octanol–water partition coefficient (Wildman–Crippen LogP) is 4.49. The molecule has 0 aromatic heterocycles. The topological polar surface area (TPSA) is 89.9 Å². The number of carboxylic acid groups (broad SMARTS) is 1. The standard InChI is InChI=1S/C23H28O6/c1-16(2)6-5-7-20(15-28-17(3)24)8-11-21-14-19(10-13-23(26)27)9-12-22(21)29-18(4)25/h6,8-10,12-14H,5,7,11,15H2,1-4H3,(H,26,27)/b13-10+,20-8-. The maximum atomic E-state index is 11.4. The van der Waals surface area contributed by atoms with Gasteiger partial charge in [-0.3, -0.25) is 9.59 Å². The molecule has 156 valence electrons. The first kappa shape index (κ1) is 23.9. The summed E-state index contributed by atoms with van der Waals surface area (Å²) in [5.74, 6) is -1.41. The first-order chi connectivity index (χ1) is 13.7. The zero-order valence-corrected chi connectivity index (χ0v) is 17.4. The molecule has 0 amide bonds. The van der Waals surface area contributed by atoms with Crippen LogP contribution < -0.4 is 4.74 Å². The molecule has 0 aliphatic heterocycles. The Kier molecular flexibility index (Phi) is 10.2. The zero-order chi connectivity index (χ0) is 21.8. The number of esters is 2. The maximum absolute atomic E-state index is 11.4. The number of carboxylic acids is 1. The number of aliphatic carboxylic acids is 1. The molecule has 0 saturated carbocycles. The van der Waals surface area contributed by atoms with Crippen LogP contribution in [0.2, 0.25) is 0 Å². The van der Waals surface area contributed by atoms with E-state index in [0.717, 1.165) is 30.1 Å². The Bertz CT molecular complexity index is 826. The lowest BCUT2D eigenvalue weighted by Gasteiger charge is -2.11.